The summed E-state index contributed by atoms with van der Waals surface area (Å²) in [4.78, 5) is 14.1. The summed E-state index contributed by atoms with van der Waals surface area (Å²) < 4.78 is 6.17. The largest absolute Gasteiger partial charge is 0.412 e. The number of carbonyl (C=O) groups is 1. The minimum absolute atomic E-state index is 0.384. The number of halogens is 1. The zero-order valence-corrected chi connectivity index (χ0v) is 12.6. The molecule has 0 radical (unpaired) electrons. The summed E-state index contributed by atoms with van der Waals surface area (Å²) in [5, 5.41) is 2.84. The molecule has 5 heteroatoms. The van der Waals surface area contributed by atoms with Crippen molar-refractivity contribution >= 4 is 22.0 Å². The van der Waals surface area contributed by atoms with Gasteiger partial charge >= 0.3 is 6.09 Å². The molecule has 1 heterocycles. The first-order chi connectivity index (χ1) is 9.19. The predicted octanol–water partition coefficient (Wildman–Crippen LogP) is 3.02. The summed E-state index contributed by atoms with van der Waals surface area (Å²) >= 11 is 3.34. The lowest BCUT2D eigenvalue weighted by molar-refractivity contribution is 0.193. The molecule has 0 aromatic heterocycles. The average molecular weight is 327 g/mol. The van der Waals surface area contributed by atoms with Crippen LogP contribution in [0.2, 0.25) is 0 Å². The lowest BCUT2D eigenvalue weighted by Gasteiger charge is -2.22. The fourth-order valence-corrected chi connectivity index (χ4v) is 2.65. The quantitative estimate of drug-likeness (QED) is 0.924. The van der Waals surface area contributed by atoms with Crippen LogP contribution in [0.25, 0.3) is 0 Å². The van der Waals surface area contributed by atoms with Gasteiger partial charge in [0.25, 0.3) is 0 Å². The van der Waals surface area contributed by atoms with Crippen LogP contribution in [0.3, 0.4) is 0 Å². The van der Waals surface area contributed by atoms with Crippen molar-refractivity contribution < 1.29 is 9.53 Å². The molecule has 1 saturated heterocycles. The summed E-state index contributed by atoms with van der Waals surface area (Å²) in [5.74, 6) is 0.555. The molecule has 1 aromatic carbocycles. The van der Waals surface area contributed by atoms with Crippen molar-refractivity contribution in [2.45, 2.75) is 25.8 Å². The maximum atomic E-state index is 11.7. The highest BCUT2D eigenvalue weighted by atomic mass is 79.9. The van der Waals surface area contributed by atoms with Gasteiger partial charge in [0.15, 0.2) is 0 Å². The molecule has 0 aliphatic carbocycles. The third-order valence-corrected chi connectivity index (χ3v) is 3.94. The number of ether oxygens (including phenoxy) is 1. The SMILES string of the molecule is CCN1CCC[C@@H]1CNC(=O)Oc1ccc(Br)cc1. The highest BCUT2D eigenvalue weighted by Gasteiger charge is 2.23. The predicted molar refractivity (Wildman–Crippen MR) is 78.4 cm³/mol. The molecule has 4 nitrogen and oxygen atoms in total. The van der Waals surface area contributed by atoms with Crippen molar-refractivity contribution in [1.29, 1.82) is 0 Å². The van der Waals surface area contributed by atoms with E-state index in [4.69, 9.17) is 4.74 Å². The lowest BCUT2D eigenvalue weighted by atomic mass is 10.2. The van der Waals surface area contributed by atoms with Gasteiger partial charge in [-0.2, -0.15) is 0 Å². The van der Waals surface area contributed by atoms with Gasteiger partial charge in [0.1, 0.15) is 5.75 Å². The van der Waals surface area contributed by atoms with Crippen molar-refractivity contribution in [2.75, 3.05) is 19.6 Å². The monoisotopic (exact) mass is 326 g/mol. The van der Waals surface area contributed by atoms with Gasteiger partial charge in [-0.15, -0.1) is 0 Å². The average Bonchev–Trinajstić information content (AvgIpc) is 2.86. The summed E-state index contributed by atoms with van der Waals surface area (Å²) in [6.45, 7) is 4.97. The Bertz CT molecular complexity index is 422. The van der Waals surface area contributed by atoms with Gasteiger partial charge < -0.3 is 10.1 Å². The van der Waals surface area contributed by atoms with E-state index in [1.165, 1.54) is 6.42 Å². The van der Waals surface area contributed by atoms with E-state index in [0.717, 1.165) is 24.0 Å². The van der Waals surface area contributed by atoms with E-state index in [1.54, 1.807) is 12.1 Å². The maximum absolute atomic E-state index is 11.7. The fourth-order valence-electron chi connectivity index (χ4n) is 2.39. The second kappa shape index (κ2) is 6.91. The van der Waals surface area contributed by atoms with E-state index in [9.17, 15) is 4.79 Å². The molecule has 1 fully saturated rings. The van der Waals surface area contributed by atoms with Crippen LogP contribution < -0.4 is 10.1 Å². The second-order valence-corrected chi connectivity index (χ2v) is 5.56. The Kier molecular flexibility index (Phi) is 5.22. The van der Waals surface area contributed by atoms with Gasteiger partial charge in [-0.1, -0.05) is 22.9 Å². The molecule has 1 N–H and O–H groups in total. The molecular formula is C14H19BrN2O2. The number of hydrogen-bond donors (Lipinski definition) is 1. The van der Waals surface area contributed by atoms with Crippen LogP contribution in [0.4, 0.5) is 4.79 Å². The number of likely N-dealkylation sites (N-methyl/N-ethyl adjacent to an activating group) is 1. The van der Waals surface area contributed by atoms with Crippen molar-refractivity contribution in [3.8, 4) is 5.75 Å². The number of amides is 1. The number of benzene rings is 1. The second-order valence-electron chi connectivity index (χ2n) is 4.65. The van der Waals surface area contributed by atoms with Gasteiger partial charge in [-0.25, -0.2) is 4.79 Å². The molecule has 1 aliphatic rings. The van der Waals surface area contributed by atoms with E-state index in [1.807, 2.05) is 12.1 Å². The Morgan fingerprint density at radius 1 is 1.47 bits per heavy atom. The van der Waals surface area contributed by atoms with E-state index in [0.29, 0.717) is 18.3 Å². The van der Waals surface area contributed by atoms with Gasteiger partial charge in [-0.3, -0.25) is 4.90 Å². The van der Waals surface area contributed by atoms with E-state index in [2.05, 4.69) is 33.1 Å². The third-order valence-electron chi connectivity index (χ3n) is 3.41. The summed E-state index contributed by atoms with van der Waals surface area (Å²) in [6.07, 6.45) is 1.97. The molecular weight excluding hydrogens is 308 g/mol. The molecule has 0 saturated carbocycles. The molecule has 1 amide bonds. The number of hydrogen-bond acceptors (Lipinski definition) is 3. The Morgan fingerprint density at radius 3 is 2.89 bits per heavy atom. The van der Waals surface area contributed by atoms with Crippen LogP contribution in [-0.2, 0) is 0 Å². The summed E-state index contributed by atoms with van der Waals surface area (Å²) in [7, 11) is 0. The molecule has 0 spiro atoms. The van der Waals surface area contributed by atoms with Crippen molar-refractivity contribution in [1.82, 2.24) is 10.2 Å². The number of nitrogens with zero attached hydrogens (tertiary/aromatic N) is 1. The molecule has 2 rings (SSSR count). The van der Waals surface area contributed by atoms with Crippen molar-refractivity contribution in [3.63, 3.8) is 0 Å². The van der Waals surface area contributed by atoms with Gasteiger partial charge in [0, 0.05) is 17.1 Å². The van der Waals surface area contributed by atoms with Crippen LogP contribution in [0.1, 0.15) is 19.8 Å². The lowest BCUT2D eigenvalue weighted by Crippen LogP contribution is -2.40. The third kappa shape index (κ3) is 4.21. The Hall–Kier alpha value is -1.07. The molecule has 104 valence electrons. The molecule has 1 atom stereocenters. The molecule has 1 aliphatic heterocycles. The van der Waals surface area contributed by atoms with Crippen LogP contribution in [-0.4, -0.2) is 36.7 Å². The van der Waals surface area contributed by atoms with Gasteiger partial charge in [-0.05, 0) is 50.2 Å². The van der Waals surface area contributed by atoms with Crippen LogP contribution in [0.5, 0.6) is 5.75 Å². The smallest absolute Gasteiger partial charge is 0.410 e. The van der Waals surface area contributed by atoms with Crippen LogP contribution in [0.15, 0.2) is 28.7 Å². The minimum atomic E-state index is -0.384. The maximum Gasteiger partial charge on any atom is 0.412 e. The van der Waals surface area contributed by atoms with E-state index < -0.39 is 0 Å². The number of nitrogens with one attached hydrogen (secondary N) is 1. The van der Waals surface area contributed by atoms with E-state index >= 15 is 0 Å². The molecule has 19 heavy (non-hydrogen) atoms. The Labute approximate surface area is 122 Å². The van der Waals surface area contributed by atoms with Gasteiger partial charge in [0.2, 0.25) is 0 Å². The Morgan fingerprint density at radius 2 is 2.21 bits per heavy atom. The summed E-state index contributed by atoms with van der Waals surface area (Å²) in [6, 6.07) is 7.66. The number of rotatable bonds is 4. The zero-order valence-electron chi connectivity index (χ0n) is 11.1. The first kappa shape index (κ1) is 14.3. The fraction of sp³-hybridized carbons (Fsp3) is 0.500. The van der Waals surface area contributed by atoms with Crippen molar-refractivity contribution in [3.05, 3.63) is 28.7 Å². The molecule has 0 bridgehead atoms. The topological polar surface area (TPSA) is 41.6 Å². The van der Waals surface area contributed by atoms with E-state index in [-0.39, 0.29) is 6.09 Å². The first-order valence-electron chi connectivity index (χ1n) is 6.64. The van der Waals surface area contributed by atoms with Crippen LogP contribution >= 0.6 is 15.9 Å². The number of likely N-dealkylation sites (tertiary alicyclic amines) is 1. The normalized spacial score (nSPS) is 19.4. The standard InChI is InChI=1S/C14H19BrN2O2/c1-2-17-9-3-4-12(17)10-16-14(18)19-13-7-5-11(15)6-8-13/h5-8,12H,2-4,9-10H2,1H3,(H,16,18)/t12-/m1/s1. The van der Waals surface area contributed by atoms with Gasteiger partial charge in [0.05, 0.1) is 0 Å². The Balaban J connectivity index is 1.77. The highest BCUT2D eigenvalue weighted by Crippen LogP contribution is 2.17. The highest BCUT2D eigenvalue weighted by molar-refractivity contribution is 9.10. The molecule has 1 aromatic rings. The first-order valence-corrected chi connectivity index (χ1v) is 7.43. The number of carbonyl (C=O) groups excluding carboxylic acids is 1. The zero-order chi connectivity index (χ0) is 13.7. The minimum Gasteiger partial charge on any atom is -0.410 e. The van der Waals surface area contributed by atoms with Crippen molar-refractivity contribution in [2.24, 2.45) is 0 Å². The summed E-state index contributed by atoms with van der Waals surface area (Å²) in [5.41, 5.74) is 0. The molecule has 0 unspecified atom stereocenters. The van der Waals surface area contributed by atoms with Crippen LogP contribution in [0, 0.1) is 0 Å².